The quantitative estimate of drug-likeness (QED) is 0.510. The molecule has 3 heterocycles. The number of nitrogens with zero attached hydrogens (tertiary/aromatic N) is 2. The number of aryl methyl sites for hydroxylation is 3. The van der Waals surface area contributed by atoms with Crippen molar-refractivity contribution in [2.75, 3.05) is 6.79 Å². The Morgan fingerprint density at radius 3 is 3.04 bits per heavy atom. The molecule has 0 atom stereocenters. The Morgan fingerprint density at radius 1 is 1.17 bits per heavy atom. The summed E-state index contributed by atoms with van der Waals surface area (Å²) in [7, 11) is 0. The molecule has 1 aliphatic carbocycles. The number of ether oxygens (including phenoxy) is 2. The van der Waals surface area contributed by atoms with Gasteiger partial charge in [0.25, 0.3) is 0 Å². The van der Waals surface area contributed by atoms with Crippen molar-refractivity contribution < 1.29 is 9.47 Å². The third kappa shape index (κ3) is 2.36. The maximum Gasteiger partial charge on any atom is 0.231 e. The van der Waals surface area contributed by atoms with E-state index < -0.39 is 0 Å². The predicted molar refractivity (Wildman–Crippen MR) is 96.3 cm³/mol. The van der Waals surface area contributed by atoms with Crippen molar-refractivity contribution in [3.8, 4) is 11.5 Å². The van der Waals surface area contributed by atoms with E-state index in [-0.39, 0.29) is 0 Å². The minimum absolute atomic E-state index is 0.318. The van der Waals surface area contributed by atoms with E-state index >= 15 is 0 Å². The van der Waals surface area contributed by atoms with Gasteiger partial charge in [0, 0.05) is 16.0 Å². The summed E-state index contributed by atoms with van der Waals surface area (Å²) in [6.07, 6.45) is 3.62. The third-order valence-electron chi connectivity index (χ3n) is 4.46. The summed E-state index contributed by atoms with van der Waals surface area (Å²) < 4.78 is 10.9. The van der Waals surface area contributed by atoms with Gasteiger partial charge in [-0.15, -0.1) is 23.1 Å². The van der Waals surface area contributed by atoms with Crippen molar-refractivity contribution >= 4 is 33.3 Å². The van der Waals surface area contributed by atoms with Gasteiger partial charge in [0.15, 0.2) is 11.5 Å². The van der Waals surface area contributed by atoms with E-state index in [1.54, 1.807) is 11.8 Å². The van der Waals surface area contributed by atoms with Crippen molar-refractivity contribution in [3.05, 3.63) is 40.0 Å². The number of benzene rings is 1. The maximum absolute atomic E-state index is 5.47. The molecule has 2 aromatic heterocycles. The van der Waals surface area contributed by atoms with Crippen LogP contribution in [0.25, 0.3) is 10.2 Å². The highest BCUT2D eigenvalue weighted by Gasteiger charge is 2.22. The molecule has 0 bridgehead atoms. The summed E-state index contributed by atoms with van der Waals surface area (Å²) >= 11 is 3.64. The van der Waals surface area contributed by atoms with Gasteiger partial charge >= 0.3 is 0 Å². The van der Waals surface area contributed by atoms with Crippen molar-refractivity contribution in [2.45, 2.75) is 37.0 Å². The van der Waals surface area contributed by atoms with Crippen LogP contribution in [0, 0.1) is 6.92 Å². The van der Waals surface area contributed by atoms with Gasteiger partial charge in [-0.2, -0.15) is 0 Å². The number of rotatable bonds is 3. The maximum atomic E-state index is 5.47. The Morgan fingerprint density at radius 2 is 2.08 bits per heavy atom. The molecule has 1 aromatic carbocycles. The normalized spacial score (nSPS) is 15.2. The molecule has 6 heteroatoms. The number of aromatic nitrogens is 2. The lowest BCUT2D eigenvalue weighted by atomic mass is 10.2. The molecule has 4 nitrogen and oxygen atoms in total. The van der Waals surface area contributed by atoms with E-state index in [4.69, 9.17) is 14.5 Å². The average molecular weight is 356 g/mol. The molecule has 0 saturated carbocycles. The van der Waals surface area contributed by atoms with E-state index in [1.165, 1.54) is 40.7 Å². The average Bonchev–Trinajstić information content (AvgIpc) is 3.26. The monoisotopic (exact) mass is 356 g/mol. The van der Waals surface area contributed by atoms with Crippen LogP contribution in [0.4, 0.5) is 0 Å². The first kappa shape index (κ1) is 14.5. The zero-order chi connectivity index (χ0) is 16.1. The SMILES string of the molecule is Cc1nc(SCc2ccc3c(c2)OCO3)c2c3c(sc2n1)CCC3. The number of thiophene rings is 1. The lowest BCUT2D eigenvalue weighted by molar-refractivity contribution is 0.174. The van der Waals surface area contributed by atoms with Crippen molar-refractivity contribution in [2.24, 2.45) is 0 Å². The van der Waals surface area contributed by atoms with Crippen LogP contribution in [0.15, 0.2) is 23.2 Å². The van der Waals surface area contributed by atoms with Crippen molar-refractivity contribution in [1.29, 1.82) is 0 Å². The second-order valence-electron chi connectivity index (χ2n) is 6.09. The smallest absolute Gasteiger partial charge is 0.231 e. The summed E-state index contributed by atoms with van der Waals surface area (Å²) in [4.78, 5) is 12.1. The molecule has 122 valence electrons. The van der Waals surface area contributed by atoms with Crippen LogP contribution in [-0.2, 0) is 18.6 Å². The molecule has 0 amide bonds. The van der Waals surface area contributed by atoms with E-state index in [2.05, 4.69) is 17.1 Å². The minimum atomic E-state index is 0.318. The molecule has 24 heavy (non-hydrogen) atoms. The zero-order valence-corrected chi connectivity index (χ0v) is 14.9. The largest absolute Gasteiger partial charge is 0.454 e. The van der Waals surface area contributed by atoms with Gasteiger partial charge < -0.3 is 9.47 Å². The predicted octanol–water partition coefficient (Wildman–Crippen LogP) is 4.51. The van der Waals surface area contributed by atoms with Crippen LogP contribution >= 0.6 is 23.1 Å². The van der Waals surface area contributed by atoms with Gasteiger partial charge in [0.05, 0.1) is 0 Å². The van der Waals surface area contributed by atoms with Gasteiger partial charge in [-0.1, -0.05) is 6.07 Å². The molecule has 0 saturated heterocycles. The van der Waals surface area contributed by atoms with Crippen LogP contribution in [0.5, 0.6) is 11.5 Å². The van der Waals surface area contributed by atoms with Gasteiger partial charge in [0.1, 0.15) is 15.7 Å². The second-order valence-corrected chi connectivity index (χ2v) is 8.14. The molecule has 0 radical (unpaired) electrons. The molecule has 0 unspecified atom stereocenters. The number of hydrogen-bond acceptors (Lipinski definition) is 6. The number of fused-ring (bicyclic) bond motifs is 4. The van der Waals surface area contributed by atoms with Crippen molar-refractivity contribution in [3.63, 3.8) is 0 Å². The fourth-order valence-electron chi connectivity index (χ4n) is 3.35. The number of hydrogen-bond donors (Lipinski definition) is 0. The Labute approximate surface area is 148 Å². The van der Waals surface area contributed by atoms with E-state index in [0.717, 1.165) is 32.9 Å². The van der Waals surface area contributed by atoms with Gasteiger partial charge in [-0.05, 0) is 49.4 Å². The molecule has 0 N–H and O–H groups in total. The fourth-order valence-corrected chi connectivity index (χ4v) is 5.77. The highest BCUT2D eigenvalue weighted by molar-refractivity contribution is 7.98. The van der Waals surface area contributed by atoms with Gasteiger partial charge in [0.2, 0.25) is 6.79 Å². The first-order chi connectivity index (χ1) is 11.8. The number of thioether (sulfide) groups is 1. The molecule has 2 aliphatic rings. The van der Waals surface area contributed by atoms with Crippen LogP contribution in [0.3, 0.4) is 0 Å². The molecule has 1 aliphatic heterocycles. The molecular weight excluding hydrogens is 340 g/mol. The first-order valence-corrected chi connectivity index (χ1v) is 9.88. The second kappa shape index (κ2) is 5.63. The molecule has 0 fully saturated rings. The Kier molecular flexibility index (Phi) is 3.41. The molecule has 5 rings (SSSR count). The molecular formula is C18H16N2O2S2. The van der Waals surface area contributed by atoms with Crippen LogP contribution in [0.1, 0.15) is 28.2 Å². The summed E-state index contributed by atoms with van der Waals surface area (Å²) in [6, 6.07) is 6.16. The Bertz CT molecular complexity index is 952. The van der Waals surface area contributed by atoms with Crippen molar-refractivity contribution in [1.82, 2.24) is 9.97 Å². The van der Waals surface area contributed by atoms with E-state index in [0.29, 0.717) is 6.79 Å². The standard InChI is InChI=1S/C18H16N2O2S2/c1-10-19-17(16-12-3-2-4-15(12)24-18(16)20-10)23-8-11-5-6-13-14(7-11)22-9-21-13/h5-7H,2-4,8-9H2,1H3. The highest BCUT2D eigenvalue weighted by Crippen LogP contribution is 2.41. The Balaban J connectivity index is 1.48. The lowest BCUT2D eigenvalue weighted by Crippen LogP contribution is -1.93. The van der Waals surface area contributed by atoms with Crippen LogP contribution < -0.4 is 9.47 Å². The summed E-state index contributed by atoms with van der Waals surface area (Å²) in [5.74, 6) is 3.40. The van der Waals surface area contributed by atoms with Gasteiger partial charge in [-0.3, -0.25) is 0 Å². The lowest BCUT2D eigenvalue weighted by Gasteiger charge is -2.06. The third-order valence-corrected chi connectivity index (χ3v) is 6.69. The van der Waals surface area contributed by atoms with Gasteiger partial charge in [-0.25, -0.2) is 9.97 Å². The van der Waals surface area contributed by atoms with E-state index in [1.807, 2.05) is 24.3 Å². The topological polar surface area (TPSA) is 44.2 Å². The van der Waals surface area contributed by atoms with E-state index in [9.17, 15) is 0 Å². The summed E-state index contributed by atoms with van der Waals surface area (Å²) in [6.45, 7) is 2.30. The van der Waals surface area contributed by atoms with Crippen LogP contribution in [0.2, 0.25) is 0 Å². The Hall–Kier alpha value is -1.79. The fraction of sp³-hybridized carbons (Fsp3) is 0.333. The van der Waals surface area contributed by atoms with Crippen LogP contribution in [-0.4, -0.2) is 16.8 Å². The molecule has 3 aromatic rings. The first-order valence-electron chi connectivity index (χ1n) is 8.08. The highest BCUT2D eigenvalue weighted by atomic mass is 32.2. The summed E-state index contributed by atoms with van der Waals surface area (Å²) in [5.41, 5.74) is 2.71. The summed E-state index contributed by atoms with van der Waals surface area (Å²) in [5, 5.41) is 2.42. The minimum Gasteiger partial charge on any atom is -0.454 e. The zero-order valence-electron chi connectivity index (χ0n) is 13.3. The molecule has 0 spiro atoms.